The van der Waals surface area contributed by atoms with E-state index >= 15 is 0 Å². The van der Waals surface area contributed by atoms with E-state index < -0.39 is 5.97 Å². The van der Waals surface area contributed by atoms with Crippen molar-refractivity contribution in [3.63, 3.8) is 0 Å². The van der Waals surface area contributed by atoms with Gasteiger partial charge in [0.15, 0.2) is 0 Å². The molecular formula is C15H10ClNO3. The molecule has 0 atom stereocenters. The predicted molar refractivity (Wildman–Crippen MR) is 75.5 cm³/mol. The van der Waals surface area contributed by atoms with E-state index in [9.17, 15) is 4.79 Å². The number of halogens is 1. The first-order valence-electron chi connectivity index (χ1n) is 5.91. The fourth-order valence-corrected chi connectivity index (χ4v) is 2.17. The summed E-state index contributed by atoms with van der Waals surface area (Å²) in [7, 11) is 1.55. The van der Waals surface area contributed by atoms with Gasteiger partial charge in [-0.15, -0.1) is 0 Å². The Balaban J connectivity index is 2.08. The summed E-state index contributed by atoms with van der Waals surface area (Å²) in [6.07, 6.45) is 4.89. The van der Waals surface area contributed by atoms with Crippen LogP contribution in [0.25, 0.3) is 11.8 Å². The Morgan fingerprint density at radius 3 is 2.90 bits per heavy atom. The topological polar surface area (TPSA) is 48.4 Å². The Hall–Kier alpha value is -2.33. The lowest BCUT2D eigenvalue weighted by Gasteiger charge is -2.02. The number of ether oxygens (including phenoxy) is 2. The highest BCUT2D eigenvalue weighted by Crippen LogP contribution is 2.34. The molecule has 0 radical (unpaired) electrons. The standard InChI is InChI=1S/C15H10ClNO3/c1-19-10-2-3-11-12(7-10)15(18)20-14(11)6-9-4-5-17-8-13(9)16/h2-8H,1H3. The number of benzene rings is 1. The SMILES string of the molecule is COc1ccc2c(c1)C(=O)OC2=Cc1ccncc1Cl. The van der Waals surface area contributed by atoms with Crippen LogP contribution in [-0.4, -0.2) is 18.1 Å². The fourth-order valence-electron chi connectivity index (χ4n) is 2.00. The highest BCUT2D eigenvalue weighted by Gasteiger charge is 2.27. The molecule has 1 aliphatic heterocycles. The normalized spacial score (nSPS) is 15.1. The van der Waals surface area contributed by atoms with Gasteiger partial charge in [0.25, 0.3) is 0 Å². The molecule has 1 aromatic heterocycles. The second kappa shape index (κ2) is 4.98. The molecule has 1 aliphatic rings. The molecule has 0 aliphatic carbocycles. The Labute approximate surface area is 120 Å². The van der Waals surface area contributed by atoms with Crippen LogP contribution in [0, 0.1) is 0 Å². The van der Waals surface area contributed by atoms with Crippen molar-refractivity contribution in [2.45, 2.75) is 0 Å². The third-order valence-corrected chi connectivity index (χ3v) is 3.32. The van der Waals surface area contributed by atoms with Gasteiger partial charge in [-0.25, -0.2) is 4.79 Å². The Morgan fingerprint density at radius 2 is 2.15 bits per heavy atom. The quantitative estimate of drug-likeness (QED) is 0.794. The molecule has 5 heteroatoms. The summed E-state index contributed by atoms with van der Waals surface area (Å²) in [6, 6.07) is 6.99. The lowest BCUT2D eigenvalue weighted by atomic mass is 10.1. The monoisotopic (exact) mass is 287 g/mol. The number of pyridine rings is 1. The molecule has 100 valence electrons. The van der Waals surface area contributed by atoms with Gasteiger partial charge in [0.05, 0.1) is 17.7 Å². The van der Waals surface area contributed by atoms with Crippen LogP contribution in [-0.2, 0) is 4.74 Å². The van der Waals surface area contributed by atoms with E-state index in [4.69, 9.17) is 21.1 Å². The zero-order valence-corrected chi connectivity index (χ0v) is 11.3. The van der Waals surface area contributed by atoms with E-state index in [1.807, 2.05) is 0 Å². The number of carbonyl (C=O) groups excluding carboxylic acids is 1. The van der Waals surface area contributed by atoms with Crippen molar-refractivity contribution in [1.82, 2.24) is 4.98 Å². The fraction of sp³-hybridized carbons (Fsp3) is 0.0667. The Kier molecular flexibility index (Phi) is 3.16. The number of nitrogens with zero attached hydrogens (tertiary/aromatic N) is 1. The van der Waals surface area contributed by atoms with Crippen LogP contribution in [0.1, 0.15) is 21.5 Å². The molecule has 0 unspecified atom stereocenters. The number of fused-ring (bicyclic) bond motifs is 1. The van der Waals surface area contributed by atoms with Gasteiger partial charge in [-0.2, -0.15) is 0 Å². The molecule has 4 nitrogen and oxygen atoms in total. The predicted octanol–water partition coefficient (Wildman–Crippen LogP) is 3.41. The van der Waals surface area contributed by atoms with Crippen LogP contribution in [0.2, 0.25) is 5.02 Å². The molecule has 0 fully saturated rings. The number of carbonyl (C=O) groups is 1. The molecule has 20 heavy (non-hydrogen) atoms. The van der Waals surface area contributed by atoms with E-state index in [0.29, 0.717) is 22.1 Å². The van der Waals surface area contributed by atoms with E-state index in [1.165, 1.54) is 0 Å². The molecule has 0 amide bonds. The second-order valence-corrected chi connectivity index (χ2v) is 4.61. The van der Waals surface area contributed by atoms with Crippen molar-refractivity contribution in [3.05, 3.63) is 58.4 Å². The van der Waals surface area contributed by atoms with Gasteiger partial charge in [-0.3, -0.25) is 4.98 Å². The van der Waals surface area contributed by atoms with Crippen molar-refractivity contribution in [2.75, 3.05) is 7.11 Å². The number of cyclic esters (lactones) is 1. The summed E-state index contributed by atoms with van der Waals surface area (Å²) in [5.74, 6) is 0.694. The minimum atomic E-state index is -0.393. The minimum absolute atomic E-state index is 0.393. The molecular weight excluding hydrogens is 278 g/mol. The van der Waals surface area contributed by atoms with Crippen LogP contribution < -0.4 is 4.74 Å². The lowest BCUT2D eigenvalue weighted by Crippen LogP contribution is -1.94. The van der Waals surface area contributed by atoms with E-state index in [-0.39, 0.29) is 0 Å². The summed E-state index contributed by atoms with van der Waals surface area (Å²) >= 11 is 6.05. The number of hydrogen-bond acceptors (Lipinski definition) is 4. The van der Waals surface area contributed by atoms with Gasteiger partial charge in [-0.05, 0) is 35.9 Å². The minimum Gasteiger partial charge on any atom is -0.497 e. The lowest BCUT2D eigenvalue weighted by molar-refractivity contribution is 0.0717. The summed E-state index contributed by atoms with van der Waals surface area (Å²) in [5.41, 5.74) is 1.96. The molecule has 0 saturated carbocycles. The average molecular weight is 288 g/mol. The Morgan fingerprint density at radius 1 is 1.30 bits per heavy atom. The van der Waals surface area contributed by atoms with Gasteiger partial charge in [-0.1, -0.05) is 11.6 Å². The third kappa shape index (κ3) is 2.14. The first-order valence-corrected chi connectivity index (χ1v) is 6.28. The highest BCUT2D eigenvalue weighted by molar-refractivity contribution is 6.32. The molecule has 2 heterocycles. The largest absolute Gasteiger partial charge is 0.497 e. The van der Waals surface area contributed by atoms with Gasteiger partial charge in [0.2, 0.25) is 0 Å². The summed E-state index contributed by atoms with van der Waals surface area (Å²) in [4.78, 5) is 15.8. The van der Waals surface area contributed by atoms with Gasteiger partial charge >= 0.3 is 5.97 Å². The number of aromatic nitrogens is 1. The average Bonchev–Trinajstić information content (AvgIpc) is 2.77. The number of methoxy groups -OCH3 is 1. The van der Waals surface area contributed by atoms with Crippen molar-refractivity contribution >= 4 is 29.4 Å². The van der Waals surface area contributed by atoms with E-state index in [0.717, 1.165) is 11.1 Å². The maximum atomic E-state index is 11.9. The summed E-state index contributed by atoms with van der Waals surface area (Å²) < 4.78 is 10.4. The van der Waals surface area contributed by atoms with Crippen LogP contribution >= 0.6 is 11.6 Å². The number of rotatable bonds is 2. The molecule has 2 aromatic rings. The molecule has 0 bridgehead atoms. The molecule has 0 saturated heterocycles. The first-order chi connectivity index (χ1) is 9.69. The first kappa shape index (κ1) is 12.7. The van der Waals surface area contributed by atoms with Crippen LogP contribution in [0.4, 0.5) is 0 Å². The van der Waals surface area contributed by atoms with Crippen molar-refractivity contribution in [1.29, 1.82) is 0 Å². The molecule has 1 aromatic carbocycles. The third-order valence-electron chi connectivity index (χ3n) is 3.01. The maximum Gasteiger partial charge on any atom is 0.344 e. The van der Waals surface area contributed by atoms with E-state index in [1.54, 1.807) is 49.8 Å². The number of esters is 1. The van der Waals surface area contributed by atoms with Gasteiger partial charge in [0, 0.05) is 18.0 Å². The van der Waals surface area contributed by atoms with Crippen LogP contribution in [0.3, 0.4) is 0 Å². The van der Waals surface area contributed by atoms with Gasteiger partial charge < -0.3 is 9.47 Å². The second-order valence-electron chi connectivity index (χ2n) is 4.21. The van der Waals surface area contributed by atoms with Crippen molar-refractivity contribution < 1.29 is 14.3 Å². The van der Waals surface area contributed by atoms with E-state index in [2.05, 4.69) is 4.98 Å². The van der Waals surface area contributed by atoms with Crippen LogP contribution in [0.5, 0.6) is 5.75 Å². The van der Waals surface area contributed by atoms with Gasteiger partial charge in [0.1, 0.15) is 11.5 Å². The maximum absolute atomic E-state index is 11.9. The molecule has 0 spiro atoms. The summed E-state index contributed by atoms with van der Waals surface area (Å²) in [6.45, 7) is 0. The highest BCUT2D eigenvalue weighted by atomic mass is 35.5. The smallest absolute Gasteiger partial charge is 0.344 e. The molecule has 0 N–H and O–H groups in total. The zero-order valence-electron chi connectivity index (χ0n) is 10.6. The summed E-state index contributed by atoms with van der Waals surface area (Å²) in [5, 5.41) is 0.498. The molecule has 3 rings (SSSR count). The zero-order chi connectivity index (χ0) is 14.1. The van der Waals surface area contributed by atoms with Crippen molar-refractivity contribution in [3.8, 4) is 5.75 Å². The Bertz CT molecular complexity index is 725. The van der Waals surface area contributed by atoms with Crippen molar-refractivity contribution in [2.24, 2.45) is 0 Å². The van der Waals surface area contributed by atoms with Crippen LogP contribution in [0.15, 0.2) is 36.7 Å². The number of hydrogen-bond donors (Lipinski definition) is 0.